The maximum atomic E-state index is 13.5. The lowest BCUT2D eigenvalue weighted by atomic mass is 10.1. The van der Waals surface area contributed by atoms with Crippen LogP contribution in [0, 0.1) is 12.7 Å². The van der Waals surface area contributed by atoms with E-state index in [1.165, 1.54) is 31.2 Å². The average Bonchev–Trinajstić information content (AvgIpc) is 3.27. The van der Waals surface area contributed by atoms with Gasteiger partial charge in [0, 0.05) is 24.3 Å². The topological polar surface area (TPSA) is 84.9 Å². The first kappa shape index (κ1) is 22.6. The van der Waals surface area contributed by atoms with Crippen molar-refractivity contribution in [3.8, 4) is 11.5 Å². The molecule has 9 heteroatoms. The molecular weight excluding hydrogens is 447 g/mol. The number of anilines is 1. The number of amides is 1. The quantitative estimate of drug-likeness (QED) is 0.556. The van der Waals surface area contributed by atoms with E-state index in [9.17, 15) is 17.6 Å². The minimum atomic E-state index is -3.89. The van der Waals surface area contributed by atoms with E-state index in [4.69, 9.17) is 9.47 Å². The zero-order valence-corrected chi connectivity index (χ0v) is 19.0. The summed E-state index contributed by atoms with van der Waals surface area (Å²) in [5.41, 5.74) is 1.87. The van der Waals surface area contributed by atoms with Crippen LogP contribution < -0.4 is 14.2 Å². The van der Waals surface area contributed by atoms with Crippen LogP contribution in [0.4, 0.5) is 10.1 Å². The number of aryl methyl sites for hydroxylation is 1. The van der Waals surface area contributed by atoms with E-state index in [0.29, 0.717) is 35.8 Å². The minimum Gasteiger partial charge on any atom is -0.454 e. The molecule has 1 aliphatic rings. The highest BCUT2D eigenvalue weighted by Crippen LogP contribution is 2.33. The van der Waals surface area contributed by atoms with E-state index >= 15 is 0 Å². The predicted octanol–water partition coefficient (Wildman–Crippen LogP) is 4.33. The molecule has 1 heterocycles. The molecule has 0 atom stereocenters. The second-order valence-corrected chi connectivity index (χ2v) is 9.28. The third-order valence-electron chi connectivity index (χ3n) is 5.30. The number of ether oxygens (including phenoxy) is 2. The van der Waals surface area contributed by atoms with Crippen LogP contribution in [0.25, 0.3) is 0 Å². The Morgan fingerprint density at radius 2 is 1.76 bits per heavy atom. The highest BCUT2D eigenvalue weighted by atomic mass is 32.2. The number of halogens is 1. The predicted molar refractivity (Wildman–Crippen MR) is 121 cm³/mol. The molecule has 33 heavy (non-hydrogen) atoms. The first-order valence-electron chi connectivity index (χ1n) is 10.3. The third kappa shape index (κ3) is 4.93. The SMILES string of the molecule is CCN(Cc1ccc2c(c1)OCO2)C(=O)c1ccc(NS(=O)(=O)c2ccc(F)c(C)c2)cc1. The van der Waals surface area contributed by atoms with Crippen LogP contribution in [0.2, 0.25) is 0 Å². The molecule has 0 spiro atoms. The maximum Gasteiger partial charge on any atom is 0.261 e. The summed E-state index contributed by atoms with van der Waals surface area (Å²) >= 11 is 0. The van der Waals surface area contributed by atoms with Crippen LogP contribution in [-0.4, -0.2) is 32.6 Å². The number of carbonyl (C=O) groups excluding carboxylic acids is 1. The summed E-state index contributed by atoms with van der Waals surface area (Å²) in [5, 5.41) is 0. The van der Waals surface area contributed by atoms with Gasteiger partial charge in [-0.25, -0.2) is 12.8 Å². The molecule has 0 radical (unpaired) electrons. The second-order valence-electron chi connectivity index (χ2n) is 7.60. The number of hydrogen-bond acceptors (Lipinski definition) is 5. The summed E-state index contributed by atoms with van der Waals surface area (Å²) in [7, 11) is -3.89. The summed E-state index contributed by atoms with van der Waals surface area (Å²) < 4.78 is 51.8. The molecule has 172 valence electrons. The molecule has 0 aromatic heterocycles. The van der Waals surface area contributed by atoms with Crippen molar-refractivity contribution in [2.45, 2.75) is 25.3 Å². The third-order valence-corrected chi connectivity index (χ3v) is 6.68. The maximum absolute atomic E-state index is 13.5. The monoisotopic (exact) mass is 470 g/mol. The number of nitrogens with zero attached hydrogens (tertiary/aromatic N) is 1. The number of hydrogen-bond donors (Lipinski definition) is 1. The van der Waals surface area contributed by atoms with E-state index < -0.39 is 15.8 Å². The molecule has 3 aromatic carbocycles. The van der Waals surface area contributed by atoms with Crippen molar-refractivity contribution in [1.29, 1.82) is 0 Å². The van der Waals surface area contributed by atoms with Crippen molar-refractivity contribution in [3.05, 3.63) is 83.2 Å². The molecule has 0 unspecified atom stereocenters. The van der Waals surface area contributed by atoms with E-state index in [2.05, 4.69) is 4.72 Å². The van der Waals surface area contributed by atoms with Crippen LogP contribution in [0.5, 0.6) is 11.5 Å². The van der Waals surface area contributed by atoms with Crippen molar-refractivity contribution in [2.24, 2.45) is 0 Å². The Bertz CT molecular complexity index is 1290. The zero-order valence-electron chi connectivity index (χ0n) is 18.2. The van der Waals surface area contributed by atoms with E-state index in [-0.39, 0.29) is 23.2 Å². The van der Waals surface area contributed by atoms with Crippen LogP contribution >= 0.6 is 0 Å². The fourth-order valence-corrected chi connectivity index (χ4v) is 4.59. The Hall–Kier alpha value is -3.59. The Balaban J connectivity index is 1.46. The first-order valence-corrected chi connectivity index (χ1v) is 11.8. The van der Waals surface area contributed by atoms with Gasteiger partial charge < -0.3 is 14.4 Å². The van der Waals surface area contributed by atoms with Gasteiger partial charge in [-0.15, -0.1) is 0 Å². The number of carbonyl (C=O) groups is 1. The van der Waals surface area contributed by atoms with Crippen molar-refractivity contribution in [3.63, 3.8) is 0 Å². The molecule has 3 aromatic rings. The molecule has 1 amide bonds. The van der Waals surface area contributed by atoms with Gasteiger partial charge >= 0.3 is 0 Å². The summed E-state index contributed by atoms with van der Waals surface area (Å²) in [6.45, 7) is 4.46. The van der Waals surface area contributed by atoms with Gasteiger partial charge in [0.15, 0.2) is 11.5 Å². The van der Waals surface area contributed by atoms with E-state index in [0.717, 1.165) is 11.6 Å². The van der Waals surface area contributed by atoms with Gasteiger partial charge in [-0.05, 0) is 79.6 Å². The number of rotatable bonds is 7. The fraction of sp³-hybridized carbons (Fsp3) is 0.208. The lowest BCUT2D eigenvalue weighted by Gasteiger charge is -2.21. The van der Waals surface area contributed by atoms with Gasteiger partial charge in [-0.1, -0.05) is 6.07 Å². The summed E-state index contributed by atoms with van der Waals surface area (Å²) in [5.74, 6) is 0.683. The highest BCUT2D eigenvalue weighted by Gasteiger charge is 2.19. The Kier molecular flexibility index (Phi) is 6.24. The van der Waals surface area contributed by atoms with Crippen molar-refractivity contribution >= 4 is 21.6 Å². The highest BCUT2D eigenvalue weighted by molar-refractivity contribution is 7.92. The van der Waals surface area contributed by atoms with Crippen LogP contribution in [0.15, 0.2) is 65.6 Å². The molecule has 0 aliphatic carbocycles. The number of nitrogens with one attached hydrogen (secondary N) is 1. The van der Waals surface area contributed by atoms with Crippen LogP contribution in [-0.2, 0) is 16.6 Å². The molecule has 0 bridgehead atoms. The first-order chi connectivity index (χ1) is 15.8. The standard InChI is InChI=1S/C24H23FN2O5S/c1-3-27(14-17-4-11-22-23(13-17)32-15-31-22)24(28)18-5-7-19(8-6-18)26-33(29,30)20-9-10-21(25)16(2)12-20/h4-13,26H,3,14-15H2,1-2H3. The Labute approximate surface area is 191 Å². The summed E-state index contributed by atoms with van der Waals surface area (Å²) in [4.78, 5) is 14.6. The van der Waals surface area contributed by atoms with Gasteiger partial charge in [0.05, 0.1) is 4.90 Å². The van der Waals surface area contributed by atoms with Crippen LogP contribution in [0.1, 0.15) is 28.4 Å². The number of benzene rings is 3. The number of sulfonamides is 1. The zero-order chi connectivity index (χ0) is 23.6. The molecule has 0 saturated heterocycles. The lowest BCUT2D eigenvalue weighted by Crippen LogP contribution is -2.30. The van der Waals surface area contributed by atoms with Gasteiger partial charge in [0.25, 0.3) is 15.9 Å². The minimum absolute atomic E-state index is 0.0394. The molecule has 7 nitrogen and oxygen atoms in total. The van der Waals surface area contributed by atoms with E-state index in [1.807, 2.05) is 25.1 Å². The Morgan fingerprint density at radius 3 is 2.45 bits per heavy atom. The summed E-state index contributed by atoms with van der Waals surface area (Å²) in [6, 6.07) is 15.3. The Morgan fingerprint density at radius 1 is 1.03 bits per heavy atom. The molecule has 0 fully saturated rings. The van der Waals surface area contributed by atoms with E-state index in [1.54, 1.807) is 17.0 Å². The van der Waals surface area contributed by atoms with Crippen LogP contribution in [0.3, 0.4) is 0 Å². The molecular formula is C24H23FN2O5S. The smallest absolute Gasteiger partial charge is 0.261 e. The summed E-state index contributed by atoms with van der Waals surface area (Å²) in [6.07, 6.45) is 0. The van der Waals surface area contributed by atoms with Crippen molar-refractivity contribution in [2.75, 3.05) is 18.1 Å². The average molecular weight is 471 g/mol. The second kappa shape index (κ2) is 9.11. The molecule has 1 aliphatic heterocycles. The normalized spacial score (nSPS) is 12.5. The van der Waals surface area contributed by atoms with Crippen molar-refractivity contribution in [1.82, 2.24) is 4.90 Å². The molecule has 1 N–H and O–H groups in total. The molecule has 0 saturated carbocycles. The van der Waals surface area contributed by atoms with Gasteiger partial charge in [-0.2, -0.15) is 0 Å². The van der Waals surface area contributed by atoms with Crippen molar-refractivity contribution < 1.29 is 27.1 Å². The van der Waals surface area contributed by atoms with Gasteiger partial charge in [-0.3, -0.25) is 9.52 Å². The molecule has 4 rings (SSSR count). The lowest BCUT2D eigenvalue weighted by molar-refractivity contribution is 0.0752. The largest absolute Gasteiger partial charge is 0.454 e. The fourth-order valence-electron chi connectivity index (χ4n) is 3.45. The van der Waals surface area contributed by atoms with Gasteiger partial charge in [0.2, 0.25) is 6.79 Å². The van der Waals surface area contributed by atoms with Gasteiger partial charge in [0.1, 0.15) is 5.82 Å². The number of fused-ring (bicyclic) bond motifs is 1.